The highest BCUT2D eigenvalue weighted by Crippen LogP contribution is 2.37. The summed E-state index contributed by atoms with van der Waals surface area (Å²) in [5.74, 6) is 1.15. The molecule has 6 saturated heterocycles. The Morgan fingerprint density at radius 2 is 0.880 bits per heavy atom. The summed E-state index contributed by atoms with van der Waals surface area (Å²) in [6.45, 7) is 18.0. The number of H-pyrrole nitrogens is 3. The summed E-state index contributed by atoms with van der Waals surface area (Å²) in [6.07, 6.45) is 23.1. The molecule has 0 spiro atoms. The van der Waals surface area contributed by atoms with Crippen molar-refractivity contribution in [1.29, 1.82) is 0 Å². The van der Waals surface area contributed by atoms with Crippen LogP contribution in [0.15, 0.2) is 122 Å². The highest BCUT2D eigenvalue weighted by Gasteiger charge is 2.35. The number of anilines is 4. The Bertz CT molecular complexity index is 5950. The number of aryl methyl sites for hydroxylation is 4. The third-order valence-electron chi connectivity index (χ3n) is 22.5. The number of rotatable bonds is 22. The zero-order valence-electron chi connectivity index (χ0n) is 69.5. The number of aliphatic carboxylic acids is 1. The predicted octanol–water partition coefficient (Wildman–Crippen LogP) is 11.3. The number of hydrogen-bond acceptors (Lipinski definition) is 27. The Balaban J connectivity index is 0.000000129. The number of carboxylic acids is 1. The Kier molecular flexibility index (Phi) is 28.2. The van der Waals surface area contributed by atoms with E-state index in [-0.39, 0.29) is 87.1 Å². The molecule has 0 aromatic carbocycles. The van der Waals surface area contributed by atoms with Gasteiger partial charge in [0, 0.05) is 158 Å². The van der Waals surface area contributed by atoms with E-state index in [1.54, 1.807) is 48.1 Å². The minimum Gasteiger partial charge on any atom is -0.480 e. The maximum Gasteiger partial charge on any atom is 0.325 e. The normalized spacial score (nSPS) is 19.2. The maximum atomic E-state index is 12.8. The van der Waals surface area contributed by atoms with Crippen LogP contribution >= 0.6 is 62.3 Å². The zero-order chi connectivity index (χ0) is 87.7. The van der Waals surface area contributed by atoms with Gasteiger partial charge in [0.15, 0.2) is 12.5 Å². The van der Waals surface area contributed by atoms with Crippen molar-refractivity contribution in [3.05, 3.63) is 198 Å². The van der Waals surface area contributed by atoms with Gasteiger partial charge in [0.05, 0.1) is 90.8 Å². The number of nitrogens with one attached hydrogen (secondary N) is 4. The molecule has 2 unspecified atom stereocenters. The smallest absolute Gasteiger partial charge is 0.325 e. The number of pyridine rings is 4. The van der Waals surface area contributed by atoms with Crippen molar-refractivity contribution < 1.29 is 43.1 Å². The Morgan fingerprint density at radius 3 is 1.26 bits per heavy atom. The molecule has 41 heteroatoms. The SMILES string of the molecule is Cc1n[nH]c(C)c1-c1ccnc(O[C@@H]2CCN(c3cnn(C4CCCCO4)c(=O)c3Cl)C2)c1.Cc1nn(CC(=O)NC2CC2)c(C)c1-c1ccnc(O[C@@H]2CCN(c3cn[nH]c(=O)c3Cl)C2)c1.Cc1nn(CC(=O)O)c(C)c1-c1ccnc(O[C@@H]2CCN(c3cn[nH]c(=O)c3Cl)C2)c1.O=c1c(Cl)c(N2CC[C@@H](Oc3cc(Br)ccn3)C2)cnn1C1CCCCO1. The van der Waals surface area contributed by atoms with Crippen molar-refractivity contribution in [2.45, 2.75) is 175 Å². The van der Waals surface area contributed by atoms with Crippen molar-refractivity contribution in [1.82, 2.24) is 95.0 Å². The molecule has 7 aliphatic rings. The van der Waals surface area contributed by atoms with Gasteiger partial charge in [0.1, 0.15) is 57.6 Å². The fourth-order valence-corrected chi connectivity index (χ4v) is 17.5. The van der Waals surface area contributed by atoms with Gasteiger partial charge in [-0.05, 0) is 134 Å². The molecule has 18 rings (SSSR count). The topological polar surface area (TPSA) is 412 Å². The minimum atomic E-state index is -0.947. The summed E-state index contributed by atoms with van der Waals surface area (Å²) in [4.78, 5) is 97.6. The molecule has 125 heavy (non-hydrogen) atoms. The molecule has 1 amide bonds. The molecule has 0 radical (unpaired) electrons. The van der Waals surface area contributed by atoms with Crippen molar-refractivity contribution in [2.24, 2.45) is 0 Å². The molecule has 0 bridgehead atoms. The van der Waals surface area contributed by atoms with E-state index in [0.717, 1.165) is 162 Å². The highest BCUT2D eigenvalue weighted by molar-refractivity contribution is 9.10. The van der Waals surface area contributed by atoms with Gasteiger partial charge in [-0.2, -0.15) is 45.1 Å². The van der Waals surface area contributed by atoms with Crippen molar-refractivity contribution in [3.8, 4) is 56.9 Å². The lowest BCUT2D eigenvalue weighted by atomic mass is 10.1. The van der Waals surface area contributed by atoms with Crippen LogP contribution in [-0.4, -0.2) is 203 Å². The molecular weight excluding hydrogens is 1760 g/mol. The fourth-order valence-electron chi connectivity index (χ4n) is 16.2. The average Bonchev–Trinajstić information content (AvgIpc) is 1.75. The molecule has 6 aliphatic heterocycles. The lowest BCUT2D eigenvalue weighted by molar-refractivity contribution is -0.138. The molecule has 1 aliphatic carbocycles. The van der Waals surface area contributed by atoms with Crippen molar-refractivity contribution >= 4 is 97.0 Å². The van der Waals surface area contributed by atoms with E-state index in [0.29, 0.717) is 105 Å². The predicted molar refractivity (Wildman–Crippen MR) is 471 cm³/mol. The lowest BCUT2D eigenvalue weighted by Gasteiger charge is -2.25. The molecule has 6 atom stereocenters. The van der Waals surface area contributed by atoms with Crippen LogP contribution in [-0.2, 0) is 32.2 Å². The largest absolute Gasteiger partial charge is 0.480 e. The van der Waals surface area contributed by atoms with E-state index >= 15 is 0 Å². The van der Waals surface area contributed by atoms with Gasteiger partial charge in [0.25, 0.3) is 22.2 Å². The van der Waals surface area contributed by atoms with E-state index in [2.05, 4.69) is 92.2 Å². The van der Waals surface area contributed by atoms with Crippen LogP contribution in [0.5, 0.6) is 23.5 Å². The summed E-state index contributed by atoms with van der Waals surface area (Å²) >= 11 is 28.5. The van der Waals surface area contributed by atoms with Crippen LogP contribution < -0.4 is 66.1 Å². The van der Waals surface area contributed by atoms with E-state index in [4.69, 9.17) is 79.9 Å². The maximum absolute atomic E-state index is 12.8. The third kappa shape index (κ3) is 21.3. The molecule has 658 valence electrons. The number of halogens is 5. The number of hydrogen-bond donors (Lipinski definition) is 5. The number of amides is 1. The molecule has 7 fully saturated rings. The summed E-state index contributed by atoms with van der Waals surface area (Å²) in [5, 5.41) is 49.9. The van der Waals surface area contributed by atoms with E-state index in [1.807, 2.05) is 110 Å². The number of carbonyl (C=O) groups is 2. The monoisotopic (exact) mass is 1850 g/mol. The van der Waals surface area contributed by atoms with Crippen LogP contribution in [0.2, 0.25) is 20.1 Å². The summed E-state index contributed by atoms with van der Waals surface area (Å²) in [7, 11) is 0. The van der Waals surface area contributed by atoms with Gasteiger partial charge in [-0.1, -0.05) is 62.3 Å². The van der Waals surface area contributed by atoms with Gasteiger partial charge in [-0.15, -0.1) is 0 Å². The quantitative estimate of drug-likeness (QED) is 0.0421. The highest BCUT2D eigenvalue weighted by atomic mass is 79.9. The number of aromatic amines is 3. The van der Waals surface area contributed by atoms with Crippen LogP contribution in [0, 0.1) is 41.5 Å². The molecule has 1 saturated carbocycles. The van der Waals surface area contributed by atoms with Gasteiger partial charge < -0.3 is 58.4 Å². The molecule has 36 nitrogen and oxygen atoms in total. The van der Waals surface area contributed by atoms with Crippen LogP contribution in [0.3, 0.4) is 0 Å². The number of aromatic nitrogens is 18. The minimum absolute atomic E-state index is 0.0140. The lowest BCUT2D eigenvalue weighted by Crippen LogP contribution is -2.33. The number of carbonyl (C=O) groups excluding carboxylic acids is 1. The number of nitrogens with zero attached hydrogens (tertiary/aromatic N) is 19. The second-order valence-corrected chi connectivity index (χ2v) is 33.9. The van der Waals surface area contributed by atoms with Gasteiger partial charge in [-0.25, -0.2) is 30.1 Å². The third-order valence-corrected chi connectivity index (χ3v) is 24.5. The second-order valence-electron chi connectivity index (χ2n) is 31.4. The first-order valence-corrected chi connectivity index (χ1v) is 43.7. The Morgan fingerprint density at radius 1 is 0.488 bits per heavy atom. The van der Waals surface area contributed by atoms with Crippen LogP contribution in [0.4, 0.5) is 22.7 Å². The first-order valence-electron chi connectivity index (χ1n) is 41.4. The van der Waals surface area contributed by atoms with Gasteiger partial charge in [-0.3, -0.25) is 43.2 Å². The second kappa shape index (κ2) is 39.9. The molecule has 5 N–H and O–H groups in total. The summed E-state index contributed by atoms with van der Waals surface area (Å²) in [6, 6.07) is 15.4. The fraction of sp³-hybridized carbons (Fsp3) is 0.440. The molecule has 17 heterocycles. The van der Waals surface area contributed by atoms with E-state index in [9.17, 15) is 28.8 Å². The number of carboxylic acid groups (broad SMARTS) is 1. The van der Waals surface area contributed by atoms with Crippen molar-refractivity contribution in [3.63, 3.8) is 0 Å². The summed E-state index contributed by atoms with van der Waals surface area (Å²) < 4.78 is 42.6. The Hall–Kier alpha value is -11.4. The number of ether oxygens (including phenoxy) is 6. The first kappa shape index (κ1) is 88.5. The average molecular weight is 1860 g/mol. The van der Waals surface area contributed by atoms with Gasteiger partial charge in [0.2, 0.25) is 29.4 Å². The first-order chi connectivity index (χ1) is 60.3. The van der Waals surface area contributed by atoms with Crippen LogP contribution in [0.1, 0.15) is 124 Å². The van der Waals surface area contributed by atoms with Crippen molar-refractivity contribution in [2.75, 3.05) is 85.2 Å². The van der Waals surface area contributed by atoms with Crippen LogP contribution in [0.25, 0.3) is 33.4 Å². The molecule has 11 aromatic heterocycles. The molecular formula is C84H94BrCl4N23O13. The van der Waals surface area contributed by atoms with E-state index < -0.39 is 17.1 Å². The summed E-state index contributed by atoms with van der Waals surface area (Å²) in [5.41, 5.74) is 11.9. The molecule has 11 aromatic rings. The zero-order valence-corrected chi connectivity index (χ0v) is 74.1. The van der Waals surface area contributed by atoms with E-state index in [1.165, 1.54) is 20.2 Å². The Labute approximate surface area is 745 Å². The van der Waals surface area contributed by atoms with Gasteiger partial charge >= 0.3 is 5.97 Å². The standard InChI is InChI=1S/C23H26ClN7O3.C23H27ClN6O3.C20H21ClN6O4.C18H20BrClN4O3/c1-13-21(14(2)31(29-13)12-19(32)27-16-3-4-16)15-5-7-25-20(9-15)34-17-6-8-30(11-17)18-10-26-28-23(33)22(18)24;1-14-21(15(2)28-27-14)16-6-8-25-19(11-16)33-17-7-9-29(13-17)18-12-26-30(23(31)22(18)24)20-5-3-4-10-32-20;1-11-18(12(2)27(25-11)10-17(28)29)13-3-5-22-16(7-13)31-14-4-6-26(9-14)15-8-23-24-20(30)19(15)21;19-12-4-6-21-15(9-12)27-13-5-7-23(11-13)14-10-22-24(18(25)17(14)20)16-3-1-2-8-26-16/h5,7,9-10,16-17H,3-4,6,8,11-12H2,1-2H3,(H,27,32)(H,28,33);6,8,11-12,17,20H,3-5,7,9-10,13H2,1-2H3,(H,27,28);3,5,7-8,14H,4,6,9-10H2,1-2H3,(H,24,30)(H,28,29);4,6,9-10,13,16H,1-3,5,7-8,11H2/t17-;17-,20?;14-;13-,16?/m1111/s1.